The van der Waals surface area contributed by atoms with Crippen molar-refractivity contribution < 1.29 is 31.1 Å². The number of alkyl halides is 3. The predicted molar refractivity (Wildman–Crippen MR) is 39.9 cm³/mol. The maximum atomic E-state index is 11.5. The lowest BCUT2D eigenvalue weighted by molar-refractivity contribution is -0.141. The van der Waals surface area contributed by atoms with Crippen LogP contribution in [-0.2, 0) is 14.0 Å². The minimum atomic E-state index is -4.47. The van der Waals surface area contributed by atoms with E-state index in [2.05, 4.69) is 15.4 Å². The number of carbonyl (C=O) groups is 1. The third-order valence-electron chi connectivity index (χ3n) is 0.824. The molecule has 1 amide bonds. The summed E-state index contributed by atoms with van der Waals surface area (Å²) in [4.78, 5) is 10.4. The molecule has 0 aromatic rings. The summed E-state index contributed by atoms with van der Waals surface area (Å²) in [6.07, 6.45) is -7.38. The van der Waals surface area contributed by atoms with Crippen LogP contribution >= 0.6 is 10.7 Å². The zero-order chi connectivity index (χ0) is 11.4. The van der Waals surface area contributed by atoms with Gasteiger partial charge in [-0.1, -0.05) is 0 Å². The smallest absolute Gasteiger partial charge is 0.421 e. The number of hydrogen-bond donors (Lipinski definition) is 1. The molecule has 14 heavy (non-hydrogen) atoms. The molecule has 0 aliphatic carbocycles. The first kappa shape index (κ1) is 13.3. The lowest BCUT2D eigenvalue weighted by Crippen LogP contribution is -2.28. The minimum absolute atomic E-state index is 0.970. The largest absolute Gasteiger partial charge is 0.448 e. The molecule has 1 N–H and O–H groups in total. The van der Waals surface area contributed by atoms with E-state index in [1.54, 1.807) is 0 Å². The van der Waals surface area contributed by atoms with E-state index in [0.29, 0.717) is 0 Å². The number of rotatable bonds is 3. The summed E-state index contributed by atoms with van der Waals surface area (Å²) in [5.41, 5.74) is 0. The van der Waals surface area contributed by atoms with Crippen LogP contribution in [0.2, 0.25) is 0 Å². The molecule has 0 aromatic heterocycles. The van der Waals surface area contributed by atoms with Crippen molar-refractivity contribution in [3.63, 3.8) is 0 Å². The number of amides is 1. The second-order valence-electron chi connectivity index (χ2n) is 2.04. The van der Waals surface area contributed by atoms with Crippen molar-refractivity contribution in [2.24, 2.45) is 0 Å². The molecular formula is C4H5ClF3NO4S. The number of ether oxygens (including phenoxy) is 1. The first-order valence-corrected chi connectivity index (χ1v) is 5.37. The zero-order valence-electron chi connectivity index (χ0n) is 6.47. The Morgan fingerprint density at radius 1 is 1.43 bits per heavy atom. The Kier molecular flexibility index (Phi) is 4.46. The van der Waals surface area contributed by atoms with Gasteiger partial charge in [-0.2, -0.15) is 21.6 Å². The molecular weight excluding hydrogens is 251 g/mol. The van der Waals surface area contributed by atoms with Gasteiger partial charge in [-0.05, 0) is 0 Å². The van der Waals surface area contributed by atoms with Crippen LogP contribution in [0.4, 0.5) is 18.0 Å². The summed E-state index contributed by atoms with van der Waals surface area (Å²) in [5.74, 6) is 0. The third kappa shape index (κ3) is 9.39. The molecule has 0 aliphatic rings. The fraction of sp³-hybridized carbons (Fsp3) is 0.750. The Morgan fingerprint density at radius 3 is 2.29 bits per heavy atom. The van der Waals surface area contributed by atoms with Crippen LogP contribution in [0.1, 0.15) is 6.42 Å². The predicted octanol–water partition coefficient (Wildman–Crippen LogP) is 1.15. The molecule has 0 spiro atoms. The van der Waals surface area contributed by atoms with Crippen LogP contribution < -0.4 is 4.72 Å². The van der Waals surface area contributed by atoms with E-state index >= 15 is 0 Å². The first-order chi connectivity index (χ1) is 6.10. The molecule has 0 fully saturated rings. The summed E-state index contributed by atoms with van der Waals surface area (Å²) >= 11 is 0. The van der Waals surface area contributed by atoms with Gasteiger partial charge in [-0.15, -0.1) is 0 Å². The molecule has 0 saturated heterocycles. The van der Waals surface area contributed by atoms with Gasteiger partial charge in [0.25, 0.3) is 0 Å². The molecule has 0 radical (unpaired) electrons. The zero-order valence-corrected chi connectivity index (χ0v) is 8.04. The van der Waals surface area contributed by atoms with E-state index in [-0.39, 0.29) is 0 Å². The SMILES string of the molecule is O=C(NS(=O)(=O)Cl)OCCC(F)(F)F. The Hall–Kier alpha value is -0.700. The maximum absolute atomic E-state index is 11.5. The Balaban J connectivity index is 3.77. The molecule has 0 bridgehead atoms. The van der Waals surface area contributed by atoms with Crippen molar-refractivity contribution in [1.82, 2.24) is 4.72 Å². The van der Waals surface area contributed by atoms with Crippen LogP contribution in [0.25, 0.3) is 0 Å². The van der Waals surface area contributed by atoms with E-state index in [1.165, 1.54) is 0 Å². The second kappa shape index (κ2) is 4.69. The van der Waals surface area contributed by atoms with Gasteiger partial charge in [0.05, 0.1) is 6.42 Å². The van der Waals surface area contributed by atoms with Crippen molar-refractivity contribution >= 4 is 26.0 Å². The van der Waals surface area contributed by atoms with E-state index < -0.39 is 34.5 Å². The van der Waals surface area contributed by atoms with Crippen LogP contribution in [0.5, 0.6) is 0 Å². The van der Waals surface area contributed by atoms with Gasteiger partial charge in [-0.3, -0.25) is 0 Å². The number of halogens is 4. The maximum Gasteiger partial charge on any atom is 0.421 e. The van der Waals surface area contributed by atoms with Crippen molar-refractivity contribution in [2.75, 3.05) is 6.61 Å². The average molecular weight is 256 g/mol. The van der Waals surface area contributed by atoms with Crippen molar-refractivity contribution in [1.29, 1.82) is 0 Å². The number of nitrogens with one attached hydrogen (secondary N) is 1. The molecule has 0 unspecified atom stereocenters. The summed E-state index contributed by atoms with van der Waals surface area (Å²) in [5, 5.41) is 0. The Bertz CT molecular complexity index is 300. The van der Waals surface area contributed by atoms with Crippen LogP contribution in [0, 0.1) is 0 Å². The monoisotopic (exact) mass is 255 g/mol. The normalized spacial score (nSPS) is 12.3. The Labute approximate surface area is 81.7 Å². The van der Waals surface area contributed by atoms with E-state index in [1.807, 2.05) is 0 Å². The molecule has 10 heteroatoms. The van der Waals surface area contributed by atoms with Crippen LogP contribution in [0.15, 0.2) is 0 Å². The molecule has 0 aromatic carbocycles. The number of carbonyl (C=O) groups excluding carboxylic acids is 1. The second-order valence-corrected chi connectivity index (χ2v) is 4.34. The highest BCUT2D eigenvalue weighted by atomic mass is 35.7. The molecule has 0 saturated carbocycles. The highest BCUT2D eigenvalue weighted by Crippen LogP contribution is 2.18. The fourth-order valence-electron chi connectivity index (χ4n) is 0.388. The molecule has 0 rings (SSSR count). The van der Waals surface area contributed by atoms with Crippen molar-refractivity contribution in [3.05, 3.63) is 0 Å². The van der Waals surface area contributed by atoms with Crippen LogP contribution in [-0.4, -0.2) is 27.3 Å². The summed E-state index contributed by atoms with van der Waals surface area (Å²) in [7, 11) is 0.212. The standard InChI is InChI=1S/C4H5ClF3NO4S/c5-14(11,12)9-3(10)13-2-1-4(6,7)8/h1-2H2,(H,9,10). The molecule has 0 atom stereocenters. The van der Waals surface area contributed by atoms with E-state index in [4.69, 9.17) is 0 Å². The van der Waals surface area contributed by atoms with Crippen molar-refractivity contribution in [3.8, 4) is 0 Å². The average Bonchev–Trinajstić information content (AvgIpc) is 1.78. The summed E-state index contributed by atoms with van der Waals surface area (Å²) in [6.45, 7) is -0.970. The summed E-state index contributed by atoms with van der Waals surface area (Å²) < 4.78 is 59.7. The van der Waals surface area contributed by atoms with Crippen molar-refractivity contribution in [2.45, 2.75) is 12.6 Å². The van der Waals surface area contributed by atoms with E-state index in [9.17, 15) is 26.4 Å². The minimum Gasteiger partial charge on any atom is -0.448 e. The van der Waals surface area contributed by atoms with Gasteiger partial charge < -0.3 is 4.74 Å². The quantitative estimate of drug-likeness (QED) is 0.768. The van der Waals surface area contributed by atoms with Crippen LogP contribution in [0.3, 0.4) is 0 Å². The topological polar surface area (TPSA) is 72.5 Å². The third-order valence-corrected chi connectivity index (χ3v) is 1.47. The molecule has 0 heterocycles. The fourth-order valence-corrected chi connectivity index (χ4v) is 0.835. The van der Waals surface area contributed by atoms with Gasteiger partial charge in [0.2, 0.25) is 0 Å². The van der Waals surface area contributed by atoms with Gasteiger partial charge in [0.1, 0.15) is 6.61 Å². The molecule has 84 valence electrons. The summed E-state index contributed by atoms with van der Waals surface area (Å²) in [6, 6.07) is 0. The van der Waals surface area contributed by atoms with Gasteiger partial charge in [0, 0.05) is 10.7 Å². The highest BCUT2D eigenvalue weighted by Gasteiger charge is 2.27. The van der Waals surface area contributed by atoms with Gasteiger partial charge in [0.15, 0.2) is 0 Å². The highest BCUT2D eigenvalue weighted by molar-refractivity contribution is 8.12. The molecule has 5 nitrogen and oxygen atoms in total. The number of hydrogen-bond acceptors (Lipinski definition) is 4. The lowest BCUT2D eigenvalue weighted by Gasteiger charge is -2.06. The van der Waals surface area contributed by atoms with Gasteiger partial charge >= 0.3 is 21.5 Å². The molecule has 0 aliphatic heterocycles. The van der Waals surface area contributed by atoms with E-state index in [0.717, 1.165) is 4.72 Å². The Morgan fingerprint density at radius 2 is 1.93 bits per heavy atom. The lowest BCUT2D eigenvalue weighted by atomic mass is 10.4. The van der Waals surface area contributed by atoms with Gasteiger partial charge in [-0.25, -0.2) is 9.52 Å². The first-order valence-electron chi connectivity index (χ1n) is 3.06.